The number of nitrogens with one attached hydrogen (secondary N) is 1. The number of hydrogen-bond acceptors (Lipinski definition) is 6. The highest BCUT2D eigenvalue weighted by Gasteiger charge is 2.27. The third-order valence-electron chi connectivity index (χ3n) is 4.42. The lowest BCUT2D eigenvalue weighted by atomic mass is 10.2. The fourth-order valence-electron chi connectivity index (χ4n) is 2.91. The van der Waals surface area contributed by atoms with Gasteiger partial charge in [-0.05, 0) is 43.2 Å². The van der Waals surface area contributed by atoms with Crippen LogP contribution >= 0.6 is 0 Å². The molecule has 8 nitrogen and oxygen atoms in total. The molecule has 1 aliphatic rings. The number of sulfonamides is 1. The lowest BCUT2D eigenvalue weighted by molar-refractivity contribution is 0.0955. The Hall–Kier alpha value is -2.91. The Balaban J connectivity index is 1.73. The fraction of sp³-hybridized carbons (Fsp3) is 0.263. The van der Waals surface area contributed by atoms with E-state index in [4.69, 9.17) is 4.74 Å². The van der Waals surface area contributed by atoms with Crippen LogP contribution in [0.1, 0.15) is 28.8 Å². The Morgan fingerprint density at radius 2 is 1.93 bits per heavy atom. The van der Waals surface area contributed by atoms with E-state index in [9.17, 15) is 18.3 Å². The molecule has 0 saturated carbocycles. The second-order valence-electron chi connectivity index (χ2n) is 6.24. The third kappa shape index (κ3) is 4.15. The van der Waals surface area contributed by atoms with Crippen LogP contribution in [0.4, 0.5) is 0 Å². The maximum atomic E-state index is 12.6. The number of para-hydroxylation sites is 1. The van der Waals surface area contributed by atoms with Gasteiger partial charge in [-0.15, -0.1) is 0 Å². The van der Waals surface area contributed by atoms with Crippen molar-refractivity contribution in [3.63, 3.8) is 0 Å². The van der Waals surface area contributed by atoms with Gasteiger partial charge in [0.1, 0.15) is 0 Å². The molecule has 2 N–H and O–H groups in total. The average molecular weight is 403 g/mol. The van der Waals surface area contributed by atoms with E-state index in [0.29, 0.717) is 18.7 Å². The smallest absolute Gasteiger partial charge is 0.271 e. The van der Waals surface area contributed by atoms with Crippen molar-refractivity contribution in [3.05, 3.63) is 53.6 Å². The molecule has 0 unspecified atom stereocenters. The van der Waals surface area contributed by atoms with Crippen molar-refractivity contribution in [3.8, 4) is 11.5 Å². The number of ether oxygens (including phenoxy) is 1. The maximum Gasteiger partial charge on any atom is 0.271 e. The second-order valence-corrected chi connectivity index (χ2v) is 8.17. The Morgan fingerprint density at radius 1 is 1.21 bits per heavy atom. The summed E-state index contributed by atoms with van der Waals surface area (Å²) in [7, 11) is -2.17. The monoisotopic (exact) mass is 403 g/mol. The molecule has 1 fully saturated rings. The van der Waals surface area contributed by atoms with Crippen LogP contribution in [0.15, 0.2) is 52.5 Å². The summed E-state index contributed by atoms with van der Waals surface area (Å²) in [5.41, 5.74) is 2.87. The number of phenols is 1. The molecule has 2 aromatic carbocycles. The molecular weight excluding hydrogens is 382 g/mol. The van der Waals surface area contributed by atoms with Crippen molar-refractivity contribution >= 4 is 22.1 Å². The van der Waals surface area contributed by atoms with Crippen LogP contribution in [0.5, 0.6) is 11.5 Å². The molecule has 9 heteroatoms. The van der Waals surface area contributed by atoms with Gasteiger partial charge >= 0.3 is 0 Å². The van der Waals surface area contributed by atoms with E-state index in [0.717, 1.165) is 12.8 Å². The van der Waals surface area contributed by atoms with Crippen LogP contribution < -0.4 is 10.2 Å². The molecule has 1 heterocycles. The molecule has 1 saturated heterocycles. The first-order valence-corrected chi connectivity index (χ1v) is 10.2. The maximum absolute atomic E-state index is 12.6. The summed E-state index contributed by atoms with van der Waals surface area (Å²) in [5, 5.41) is 13.8. The minimum Gasteiger partial charge on any atom is -0.504 e. The number of carbonyl (C=O) groups is 1. The summed E-state index contributed by atoms with van der Waals surface area (Å²) in [4.78, 5) is 12.4. The number of hydrazone groups is 1. The van der Waals surface area contributed by atoms with Gasteiger partial charge in [-0.3, -0.25) is 4.79 Å². The summed E-state index contributed by atoms with van der Waals surface area (Å²) < 4.78 is 31.7. The zero-order valence-corrected chi connectivity index (χ0v) is 16.1. The van der Waals surface area contributed by atoms with E-state index in [1.165, 1.54) is 41.9 Å². The SMILES string of the molecule is COc1cccc(/C=N/NC(=O)c2cccc(S(=O)(=O)N3CCCC3)c2)c1O. The minimum atomic E-state index is -3.60. The van der Waals surface area contributed by atoms with Crippen molar-refractivity contribution in [2.45, 2.75) is 17.7 Å². The molecular formula is C19H21N3O5S. The van der Waals surface area contributed by atoms with Crippen molar-refractivity contribution in [2.75, 3.05) is 20.2 Å². The number of amides is 1. The zero-order chi connectivity index (χ0) is 20.1. The lowest BCUT2D eigenvalue weighted by Crippen LogP contribution is -2.28. The summed E-state index contributed by atoms with van der Waals surface area (Å²) >= 11 is 0. The number of rotatable bonds is 6. The first kappa shape index (κ1) is 19.8. The Bertz CT molecular complexity index is 998. The van der Waals surface area contributed by atoms with Gasteiger partial charge in [0.25, 0.3) is 5.91 Å². The van der Waals surface area contributed by atoms with Crippen LogP contribution in [-0.2, 0) is 10.0 Å². The Kier molecular flexibility index (Phi) is 5.96. The molecule has 1 aliphatic heterocycles. The van der Waals surface area contributed by atoms with Gasteiger partial charge < -0.3 is 9.84 Å². The van der Waals surface area contributed by atoms with Crippen molar-refractivity contribution in [1.29, 1.82) is 0 Å². The molecule has 3 rings (SSSR count). The van der Waals surface area contributed by atoms with Gasteiger partial charge in [-0.25, -0.2) is 13.8 Å². The van der Waals surface area contributed by atoms with Crippen molar-refractivity contribution < 1.29 is 23.1 Å². The number of carbonyl (C=O) groups excluding carboxylic acids is 1. The first-order valence-electron chi connectivity index (χ1n) is 8.73. The Morgan fingerprint density at radius 3 is 2.64 bits per heavy atom. The lowest BCUT2D eigenvalue weighted by Gasteiger charge is -2.15. The van der Waals surface area contributed by atoms with E-state index in [1.54, 1.807) is 18.2 Å². The van der Waals surface area contributed by atoms with E-state index in [1.807, 2.05) is 0 Å². The highest BCUT2D eigenvalue weighted by atomic mass is 32.2. The van der Waals surface area contributed by atoms with E-state index in [-0.39, 0.29) is 22.0 Å². The van der Waals surface area contributed by atoms with Crippen molar-refractivity contribution in [1.82, 2.24) is 9.73 Å². The topological polar surface area (TPSA) is 108 Å². The van der Waals surface area contributed by atoms with Crippen LogP contribution in [-0.4, -0.2) is 50.2 Å². The molecule has 0 aromatic heterocycles. The van der Waals surface area contributed by atoms with Crippen molar-refractivity contribution in [2.24, 2.45) is 5.10 Å². The van der Waals surface area contributed by atoms with Gasteiger partial charge in [0.05, 0.1) is 18.2 Å². The van der Waals surface area contributed by atoms with Crippen LogP contribution in [0.25, 0.3) is 0 Å². The summed E-state index contributed by atoms with van der Waals surface area (Å²) in [6.07, 6.45) is 2.96. The molecule has 0 aliphatic carbocycles. The average Bonchev–Trinajstić information content (AvgIpc) is 3.25. The van der Waals surface area contributed by atoms with Gasteiger partial charge in [-0.1, -0.05) is 12.1 Å². The summed E-state index contributed by atoms with van der Waals surface area (Å²) in [5.74, 6) is -0.367. The molecule has 2 aromatic rings. The molecule has 0 spiro atoms. The molecule has 0 bridgehead atoms. The molecule has 28 heavy (non-hydrogen) atoms. The van der Waals surface area contributed by atoms with E-state index in [2.05, 4.69) is 10.5 Å². The quantitative estimate of drug-likeness (QED) is 0.566. The summed E-state index contributed by atoms with van der Waals surface area (Å²) in [6.45, 7) is 0.986. The Labute approximate surface area is 163 Å². The molecule has 0 atom stereocenters. The predicted molar refractivity (Wildman–Crippen MR) is 104 cm³/mol. The van der Waals surface area contributed by atoms with Gasteiger partial charge in [0.2, 0.25) is 10.0 Å². The predicted octanol–water partition coefficient (Wildman–Crippen LogP) is 1.95. The van der Waals surface area contributed by atoms with Crippen LogP contribution in [0, 0.1) is 0 Å². The second kappa shape index (κ2) is 8.41. The summed E-state index contributed by atoms with van der Waals surface area (Å²) in [6, 6.07) is 10.7. The number of phenolic OH excluding ortho intramolecular Hbond substituents is 1. The molecule has 0 radical (unpaired) electrons. The molecule has 1 amide bonds. The minimum absolute atomic E-state index is 0.0801. The number of nitrogens with zero attached hydrogens (tertiary/aromatic N) is 2. The van der Waals surface area contributed by atoms with E-state index < -0.39 is 15.9 Å². The van der Waals surface area contributed by atoms with Gasteiger partial charge in [0, 0.05) is 24.2 Å². The third-order valence-corrected chi connectivity index (χ3v) is 6.31. The zero-order valence-electron chi connectivity index (χ0n) is 15.3. The number of hydrogen-bond donors (Lipinski definition) is 2. The number of methoxy groups -OCH3 is 1. The first-order chi connectivity index (χ1) is 13.4. The highest BCUT2D eigenvalue weighted by molar-refractivity contribution is 7.89. The normalized spacial score (nSPS) is 15.0. The molecule has 148 valence electrons. The number of benzene rings is 2. The fourth-order valence-corrected chi connectivity index (χ4v) is 4.47. The number of aromatic hydroxyl groups is 1. The van der Waals surface area contributed by atoms with Gasteiger partial charge in [-0.2, -0.15) is 9.41 Å². The van der Waals surface area contributed by atoms with Gasteiger partial charge in [0.15, 0.2) is 11.5 Å². The largest absolute Gasteiger partial charge is 0.504 e. The van der Waals surface area contributed by atoms with Crippen LogP contribution in [0.2, 0.25) is 0 Å². The standard InChI is InChI=1S/C19H21N3O5S/c1-27-17-9-5-7-15(18(17)23)13-20-21-19(24)14-6-4-8-16(12-14)28(25,26)22-10-2-3-11-22/h4-9,12-13,23H,2-3,10-11H2,1H3,(H,21,24)/b20-13+. The highest BCUT2D eigenvalue weighted by Crippen LogP contribution is 2.28. The van der Waals surface area contributed by atoms with E-state index >= 15 is 0 Å². The van der Waals surface area contributed by atoms with Crippen LogP contribution in [0.3, 0.4) is 0 Å².